The molecule has 2 heteroatoms. The fraction of sp³-hybridized carbons (Fsp3) is 0.833. The van der Waals surface area contributed by atoms with Gasteiger partial charge in [-0.15, -0.1) is 6.58 Å². The summed E-state index contributed by atoms with van der Waals surface area (Å²) in [5.41, 5.74) is 0.257. The number of ether oxygens (including phenoxy) is 1. The van der Waals surface area contributed by atoms with E-state index in [4.69, 9.17) is 4.74 Å². The molecule has 0 heterocycles. The number of rotatable bonds is 5. The molecule has 0 saturated heterocycles. The van der Waals surface area contributed by atoms with E-state index in [1.54, 1.807) is 0 Å². The van der Waals surface area contributed by atoms with Crippen LogP contribution in [-0.4, -0.2) is 24.8 Å². The lowest BCUT2D eigenvalue weighted by atomic mass is 9.64. The van der Waals surface area contributed by atoms with E-state index in [1.807, 2.05) is 6.08 Å². The first-order chi connectivity index (χ1) is 6.52. The molecule has 0 aromatic carbocycles. The highest BCUT2D eigenvalue weighted by molar-refractivity contribution is 5.04. The van der Waals surface area contributed by atoms with Crippen molar-refractivity contribution in [2.45, 2.75) is 52.3 Å². The van der Waals surface area contributed by atoms with E-state index in [0.29, 0.717) is 18.2 Å². The fourth-order valence-corrected chi connectivity index (χ4v) is 2.04. The van der Waals surface area contributed by atoms with Crippen molar-refractivity contribution in [1.82, 2.24) is 5.32 Å². The molecule has 14 heavy (non-hydrogen) atoms. The lowest BCUT2D eigenvalue weighted by molar-refractivity contribution is -0.115. The van der Waals surface area contributed by atoms with Gasteiger partial charge in [0.05, 0.1) is 6.10 Å². The van der Waals surface area contributed by atoms with Gasteiger partial charge in [-0.25, -0.2) is 0 Å². The maximum absolute atomic E-state index is 5.67. The van der Waals surface area contributed by atoms with Crippen LogP contribution in [0.5, 0.6) is 0 Å². The largest absolute Gasteiger partial charge is 0.378 e. The first-order valence-corrected chi connectivity index (χ1v) is 5.52. The van der Waals surface area contributed by atoms with Crippen LogP contribution in [0, 0.1) is 5.41 Å². The molecule has 1 N–H and O–H groups in total. The number of hydrogen-bond acceptors (Lipinski definition) is 2. The topological polar surface area (TPSA) is 21.3 Å². The normalized spacial score (nSPS) is 32.0. The van der Waals surface area contributed by atoms with Crippen LogP contribution in [0.15, 0.2) is 12.7 Å². The molecule has 1 saturated carbocycles. The Hall–Kier alpha value is -0.340. The molecule has 0 aromatic rings. The standard InChI is InChI=1S/C12H23NO/c1-6-9(3)13-10-8-11(14-7-2)12(10,4)5/h6,9-11,13H,1,7-8H2,2-5H3. The monoisotopic (exact) mass is 197 g/mol. The van der Waals surface area contributed by atoms with Crippen LogP contribution in [-0.2, 0) is 4.74 Å². The van der Waals surface area contributed by atoms with Gasteiger partial charge in [-0.05, 0) is 20.3 Å². The van der Waals surface area contributed by atoms with Crippen molar-refractivity contribution in [3.63, 3.8) is 0 Å². The first kappa shape index (κ1) is 11.7. The number of hydrogen-bond donors (Lipinski definition) is 1. The molecule has 2 nitrogen and oxygen atoms in total. The second-order valence-corrected chi connectivity index (χ2v) is 4.74. The summed E-state index contributed by atoms with van der Waals surface area (Å²) < 4.78 is 5.67. The van der Waals surface area contributed by atoms with E-state index in [9.17, 15) is 0 Å². The minimum absolute atomic E-state index is 0.257. The van der Waals surface area contributed by atoms with Crippen LogP contribution in [0.1, 0.15) is 34.1 Å². The van der Waals surface area contributed by atoms with Crippen LogP contribution in [0.2, 0.25) is 0 Å². The van der Waals surface area contributed by atoms with E-state index in [2.05, 4.69) is 39.6 Å². The molecule has 0 radical (unpaired) electrons. The summed E-state index contributed by atoms with van der Waals surface area (Å²) in [6, 6.07) is 0.953. The summed E-state index contributed by atoms with van der Waals surface area (Å²) in [6.07, 6.45) is 3.49. The van der Waals surface area contributed by atoms with E-state index in [0.717, 1.165) is 13.0 Å². The van der Waals surface area contributed by atoms with Gasteiger partial charge >= 0.3 is 0 Å². The van der Waals surface area contributed by atoms with Gasteiger partial charge in [-0.3, -0.25) is 0 Å². The molecule has 82 valence electrons. The Morgan fingerprint density at radius 2 is 2.29 bits per heavy atom. The second kappa shape index (κ2) is 4.45. The lowest BCUT2D eigenvalue weighted by Gasteiger charge is -2.52. The smallest absolute Gasteiger partial charge is 0.0655 e. The highest BCUT2D eigenvalue weighted by atomic mass is 16.5. The maximum atomic E-state index is 5.67. The van der Waals surface area contributed by atoms with Crippen molar-refractivity contribution in [2.24, 2.45) is 5.41 Å². The minimum atomic E-state index is 0.257. The van der Waals surface area contributed by atoms with Crippen molar-refractivity contribution in [2.75, 3.05) is 6.61 Å². The van der Waals surface area contributed by atoms with Crippen LogP contribution >= 0.6 is 0 Å². The van der Waals surface area contributed by atoms with Crippen LogP contribution < -0.4 is 5.32 Å². The Labute approximate surface area is 87.7 Å². The Morgan fingerprint density at radius 3 is 2.71 bits per heavy atom. The predicted octanol–water partition coefficient (Wildman–Crippen LogP) is 2.35. The average molecular weight is 197 g/mol. The Bertz CT molecular complexity index is 200. The summed E-state index contributed by atoms with van der Waals surface area (Å²) in [6.45, 7) is 13.3. The summed E-state index contributed by atoms with van der Waals surface area (Å²) in [5.74, 6) is 0. The van der Waals surface area contributed by atoms with Crippen molar-refractivity contribution in [3.05, 3.63) is 12.7 Å². The molecule has 1 fully saturated rings. The van der Waals surface area contributed by atoms with Gasteiger partial charge in [-0.2, -0.15) is 0 Å². The van der Waals surface area contributed by atoms with Crippen molar-refractivity contribution in [1.29, 1.82) is 0 Å². The zero-order valence-electron chi connectivity index (χ0n) is 9.84. The molecule has 0 spiro atoms. The van der Waals surface area contributed by atoms with Crippen LogP contribution in [0.4, 0.5) is 0 Å². The fourth-order valence-electron chi connectivity index (χ4n) is 2.04. The van der Waals surface area contributed by atoms with Crippen molar-refractivity contribution in [3.8, 4) is 0 Å². The van der Waals surface area contributed by atoms with Gasteiger partial charge in [0.2, 0.25) is 0 Å². The van der Waals surface area contributed by atoms with Gasteiger partial charge in [0.1, 0.15) is 0 Å². The molecule has 1 aliphatic carbocycles. The molecular formula is C12H23NO. The molecule has 3 atom stereocenters. The third kappa shape index (κ3) is 2.18. The number of nitrogens with one attached hydrogen (secondary N) is 1. The van der Waals surface area contributed by atoms with E-state index >= 15 is 0 Å². The quantitative estimate of drug-likeness (QED) is 0.683. The lowest BCUT2D eigenvalue weighted by Crippen LogP contribution is -2.62. The molecule has 0 aliphatic heterocycles. The highest BCUT2D eigenvalue weighted by Gasteiger charge is 2.48. The minimum Gasteiger partial charge on any atom is -0.378 e. The Morgan fingerprint density at radius 1 is 1.64 bits per heavy atom. The molecule has 3 unspecified atom stereocenters. The summed E-state index contributed by atoms with van der Waals surface area (Å²) in [7, 11) is 0. The molecule has 0 bridgehead atoms. The van der Waals surface area contributed by atoms with Gasteiger partial charge in [0, 0.05) is 24.1 Å². The molecule has 1 aliphatic rings. The maximum Gasteiger partial charge on any atom is 0.0655 e. The Balaban J connectivity index is 2.41. The molecule has 0 aromatic heterocycles. The third-order valence-corrected chi connectivity index (χ3v) is 3.36. The summed E-state index contributed by atoms with van der Waals surface area (Å²) in [5, 5.41) is 3.55. The molecular weight excluding hydrogens is 174 g/mol. The van der Waals surface area contributed by atoms with Crippen LogP contribution in [0.3, 0.4) is 0 Å². The van der Waals surface area contributed by atoms with Crippen molar-refractivity contribution >= 4 is 0 Å². The highest BCUT2D eigenvalue weighted by Crippen LogP contribution is 2.42. The van der Waals surface area contributed by atoms with E-state index in [1.165, 1.54) is 0 Å². The predicted molar refractivity (Wildman–Crippen MR) is 60.4 cm³/mol. The molecule has 1 rings (SSSR count). The van der Waals surface area contributed by atoms with E-state index in [-0.39, 0.29) is 5.41 Å². The molecule has 0 amide bonds. The zero-order valence-corrected chi connectivity index (χ0v) is 9.84. The van der Waals surface area contributed by atoms with Crippen molar-refractivity contribution < 1.29 is 4.74 Å². The first-order valence-electron chi connectivity index (χ1n) is 5.52. The summed E-state index contributed by atoms with van der Waals surface area (Å²) in [4.78, 5) is 0. The third-order valence-electron chi connectivity index (χ3n) is 3.36. The van der Waals surface area contributed by atoms with Gasteiger partial charge in [0.15, 0.2) is 0 Å². The van der Waals surface area contributed by atoms with E-state index < -0.39 is 0 Å². The van der Waals surface area contributed by atoms with Gasteiger partial charge in [0.25, 0.3) is 0 Å². The summed E-state index contributed by atoms with van der Waals surface area (Å²) >= 11 is 0. The van der Waals surface area contributed by atoms with Gasteiger partial charge < -0.3 is 10.1 Å². The van der Waals surface area contributed by atoms with Gasteiger partial charge in [-0.1, -0.05) is 19.9 Å². The average Bonchev–Trinajstić information content (AvgIpc) is 2.16. The zero-order chi connectivity index (χ0) is 10.8. The SMILES string of the molecule is C=CC(C)NC1CC(OCC)C1(C)C. The Kier molecular flexibility index (Phi) is 3.73. The van der Waals surface area contributed by atoms with Crippen LogP contribution in [0.25, 0.3) is 0 Å². The second-order valence-electron chi connectivity index (χ2n) is 4.74.